The fourth-order valence-corrected chi connectivity index (χ4v) is 1.92. The third-order valence-corrected chi connectivity index (χ3v) is 2.78. The summed E-state index contributed by atoms with van der Waals surface area (Å²) in [5.41, 5.74) is 2.94. The maximum absolute atomic E-state index is 5.73. The van der Waals surface area contributed by atoms with E-state index in [0.717, 1.165) is 30.1 Å². The van der Waals surface area contributed by atoms with Crippen molar-refractivity contribution >= 4 is 11.1 Å². The van der Waals surface area contributed by atoms with Gasteiger partial charge in [-0.2, -0.15) is 0 Å². The Kier molecular flexibility index (Phi) is 2.38. The topological polar surface area (TPSA) is 47.3 Å². The van der Waals surface area contributed by atoms with Gasteiger partial charge in [0, 0.05) is 6.54 Å². The molecule has 1 aromatic heterocycles. The van der Waals surface area contributed by atoms with Gasteiger partial charge in [0.15, 0.2) is 5.58 Å². The Hall–Kier alpha value is -1.39. The minimum absolute atomic E-state index is 0.0847. The van der Waals surface area contributed by atoms with Crippen LogP contribution < -0.4 is 5.32 Å². The molecule has 2 heterocycles. The molecule has 1 saturated heterocycles. The van der Waals surface area contributed by atoms with Crippen molar-refractivity contribution in [2.45, 2.75) is 13.0 Å². The van der Waals surface area contributed by atoms with Crippen LogP contribution in [-0.4, -0.2) is 24.7 Å². The molecule has 1 unspecified atom stereocenters. The number of ether oxygens (including phenoxy) is 1. The van der Waals surface area contributed by atoms with E-state index in [0.29, 0.717) is 6.61 Å². The summed E-state index contributed by atoms with van der Waals surface area (Å²) in [6.07, 6.45) is 0. The van der Waals surface area contributed by atoms with E-state index in [1.807, 2.05) is 25.1 Å². The van der Waals surface area contributed by atoms with E-state index in [2.05, 4.69) is 10.3 Å². The Morgan fingerprint density at radius 2 is 2.38 bits per heavy atom. The highest BCUT2D eigenvalue weighted by Gasteiger charge is 2.20. The number of fused-ring (bicyclic) bond motifs is 1. The summed E-state index contributed by atoms with van der Waals surface area (Å²) in [4.78, 5) is 4.47. The van der Waals surface area contributed by atoms with Crippen LogP contribution in [0.5, 0.6) is 0 Å². The number of morpholine rings is 1. The lowest BCUT2D eigenvalue weighted by atomic mass is 10.2. The SMILES string of the molecule is Cc1ccc2nc(C3COCCN3)oc2c1. The third-order valence-electron chi connectivity index (χ3n) is 2.78. The minimum atomic E-state index is 0.0847. The molecule has 3 rings (SSSR count). The van der Waals surface area contributed by atoms with Gasteiger partial charge in [-0.15, -0.1) is 0 Å². The minimum Gasteiger partial charge on any atom is -0.439 e. The number of aromatic nitrogens is 1. The van der Waals surface area contributed by atoms with E-state index < -0.39 is 0 Å². The largest absolute Gasteiger partial charge is 0.439 e. The van der Waals surface area contributed by atoms with Gasteiger partial charge in [0.2, 0.25) is 5.89 Å². The number of benzene rings is 1. The molecule has 1 fully saturated rings. The number of oxazole rings is 1. The van der Waals surface area contributed by atoms with Crippen LogP contribution in [0.15, 0.2) is 22.6 Å². The Balaban J connectivity index is 1.97. The van der Waals surface area contributed by atoms with Gasteiger partial charge in [0.1, 0.15) is 11.6 Å². The first-order valence-corrected chi connectivity index (χ1v) is 5.51. The molecule has 1 aliphatic heterocycles. The summed E-state index contributed by atoms with van der Waals surface area (Å²) in [6, 6.07) is 6.12. The van der Waals surface area contributed by atoms with Crippen LogP contribution in [0.4, 0.5) is 0 Å². The van der Waals surface area contributed by atoms with Crippen molar-refractivity contribution < 1.29 is 9.15 Å². The summed E-state index contributed by atoms with van der Waals surface area (Å²) in [5.74, 6) is 0.723. The van der Waals surface area contributed by atoms with E-state index in [-0.39, 0.29) is 6.04 Å². The predicted octanol–water partition coefficient (Wildman–Crippen LogP) is 1.80. The fourth-order valence-electron chi connectivity index (χ4n) is 1.92. The van der Waals surface area contributed by atoms with Gasteiger partial charge in [0.05, 0.1) is 13.2 Å². The van der Waals surface area contributed by atoms with Crippen molar-refractivity contribution in [1.29, 1.82) is 0 Å². The first-order chi connectivity index (χ1) is 7.83. The molecule has 1 aromatic carbocycles. The Bertz CT molecular complexity index is 501. The molecule has 2 aromatic rings. The zero-order valence-electron chi connectivity index (χ0n) is 9.19. The second-order valence-corrected chi connectivity index (χ2v) is 4.10. The van der Waals surface area contributed by atoms with Crippen LogP contribution in [0.25, 0.3) is 11.1 Å². The molecule has 16 heavy (non-hydrogen) atoms. The van der Waals surface area contributed by atoms with Gasteiger partial charge in [-0.1, -0.05) is 6.07 Å². The van der Waals surface area contributed by atoms with Crippen LogP contribution in [0.2, 0.25) is 0 Å². The lowest BCUT2D eigenvalue weighted by molar-refractivity contribution is 0.0687. The third kappa shape index (κ3) is 1.70. The van der Waals surface area contributed by atoms with Gasteiger partial charge in [-0.3, -0.25) is 0 Å². The summed E-state index contributed by atoms with van der Waals surface area (Å²) in [7, 11) is 0. The van der Waals surface area contributed by atoms with Gasteiger partial charge in [-0.05, 0) is 24.6 Å². The number of aryl methyl sites for hydroxylation is 1. The molecule has 4 nitrogen and oxygen atoms in total. The Morgan fingerprint density at radius 1 is 1.44 bits per heavy atom. The smallest absolute Gasteiger partial charge is 0.215 e. The predicted molar refractivity (Wildman–Crippen MR) is 60.3 cm³/mol. The quantitative estimate of drug-likeness (QED) is 0.792. The Labute approximate surface area is 93.6 Å². The van der Waals surface area contributed by atoms with Crippen molar-refractivity contribution in [3.8, 4) is 0 Å². The van der Waals surface area contributed by atoms with Crippen LogP contribution in [0.3, 0.4) is 0 Å². The first-order valence-electron chi connectivity index (χ1n) is 5.51. The lowest BCUT2D eigenvalue weighted by Gasteiger charge is -2.20. The van der Waals surface area contributed by atoms with E-state index in [4.69, 9.17) is 9.15 Å². The number of nitrogens with zero attached hydrogens (tertiary/aromatic N) is 1. The normalized spacial score (nSPS) is 21.4. The fraction of sp³-hybridized carbons (Fsp3) is 0.417. The van der Waals surface area contributed by atoms with Crippen molar-refractivity contribution in [2.75, 3.05) is 19.8 Å². The highest BCUT2D eigenvalue weighted by molar-refractivity contribution is 5.73. The second-order valence-electron chi connectivity index (χ2n) is 4.10. The average molecular weight is 218 g/mol. The van der Waals surface area contributed by atoms with Crippen molar-refractivity contribution in [3.63, 3.8) is 0 Å². The maximum Gasteiger partial charge on any atom is 0.215 e. The van der Waals surface area contributed by atoms with Crippen LogP contribution in [-0.2, 0) is 4.74 Å². The summed E-state index contributed by atoms with van der Waals surface area (Å²) in [5, 5.41) is 3.33. The molecule has 84 valence electrons. The molecular weight excluding hydrogens is 204 g/mol. The van der Waals surface area contributed by atoms with Crippen molar-refractivity contribution in [3.05, 3.63) is 29.7 Å². The van der Waals surface area contributed by atoms with E-state index in [9.17, 15) is 0 Å². The van der Waals surface area contributed by atoms with Crippen molar-refractivity contribution in [1.82, 2.24) is 10.3 Å². The molecule has 1 N–H and O–H groups in total. The average Bonchev–Trinajstić information content (AvgIpc) is 2.73. The molecule has 1 aliphatic rings. The van der Waals surface area contributed by atoms with Crippen LogP contribution in [0, 0.1) is 6.92 Å². The molecule has 0 spiro atoms. The molecule has 0 amide bonds. The van der Waals surface area contributed by atoms with E-state index >= 15 is 0 Å². The summed E-state index contributed by atoms with van der Waals surface area (Å²) < 4.78 is 11.1. The highest BCUT2D eigenvalue weighted by atomic mass is 16.5. The second kappa shape index (κ2) is 3.88. The van der Waals surface area contributed by atoms with Gasteiger partial charge in [0.25, 0.3) is 0 Å². The molecule has 1 atom stereocenters. The maximum atomic E-state index is 5.73. The number of nitrogens with one attached hydrogen (secondary N) is 1. The van der Waals surface area contributed by atoms with Gasteiger partial charge in [-0.25, -0.2) is 4.98 Å². The monoisotopic (exact) mass is 218 g/mol. The van der Waals surface area contributed by atoms with Crippen LogP contribution in [0.1, 0.15) is 17.5 Å². The summed E-state index contributed by atoms with van der Waals surface area (Å²) in [6.45, 7) is 4.29. The molecule has 0 radical (unpaired) electrons. The van der Waals surface area contributed by atoms with Gasteiger partial charge < -0.3 is 14.5 Å². The van der Waals surface area contributed by atoms with E-state index in [1.165, 1.54) is 5.56 Å². The van der Waals surface area contributed by atoms with Crippen LogP contribution >= 0.6 is 0 Å². The van der Waals surface area contributed by atoms with E-state index in [1.54, 1.807) is 0 Å². The summed E-state index contributed by atoms with van der Waals surface area (Å²) >= 11 is 0. The van der Waals surface area contributed by atoms with Crippen molar-refractivity contribution in [2.24, 2.45) is 0 Å². The standard InChI is InChI=1S/C12H14N2O2/c1-8-2-3-9-11(6-8)16-12(14-9)10-7-15-5-4-13-10/h2-3,6,10,13H,4-5,7H2,1H3. The van der Waals surface area contributed by atoms with Gasteiger partial charge >= 0.3 is 0 Å². The highest BCUT2D eigenvalue weighted by Crippen LogP contribution is 2.22. The zero-order chi connectivity index (χ0) is 11.0. The lowest BCUT2D eigenvalue weighted by Crippen LogP contribution is -2.34. The molecule has 0 aliphatic carbocycles. The molecule has 4 heteroatoms. The number of hydrogen-bond acceptors (Lipinski definition) is 4. The first kappa shape index (κ1) is 9.81. The molecule has 0 saturated carbocycles. The molecular formula is C12H14N2O2. The molecule has 0 bridgehead atoms. The Morgan fingerprint density at radius 3 is 3.19 bits per heavy atom. The zero-order valence-corrected chi connectivity index (χ0v) is 9.19. The number of rotatable bonds is 1. The number of hydrogen-bond donors (Lipinski definition) is 1.